The van der Waals surface area contributed by atoms with Gasteiger partial charge in [0.1, 0.15) is 4.60 Å². The van der Waals surface area contributed by atoms with E-state index in [-0.39, 0.29) is 0 Å². The lowest BCUT2D eigenvalue weighted by molar-refractivity contribution is 1.28. The van der Waals surface area contributed by atoms with Gasteiger partial charge in [0.25, 0.3) is 0 Å². The van der Waals surface area contributed by atoms with Gasteiger partial charge in [0.2, 0.25) is 0 Å². The maximum Gasteiger partial charge on any atom is 0.113 e. The molecule has 69 valence electrons. The standard InChI is InChI=1S/C12H9BrN/c1-9-4-2-5-10(8-9)11-6-3-7-14-12(11)13/h2-3,5-8H,1H3. The highest BCUT2D eigenvalue weighted by Gasteiger charge is 2.02. The van der Waals surface area contributed by atoms with Crippen LogP contribution in [-0.2, 0) is 0 Å². The summed E-state index contributed by atoms with van der Waals surface area (Å²) < 4.78 is 0.880. The fraction of sp³-hybridized carbons (Fsp3) is 0.0833. The van der Waals surface area contributed by atoms with E-state index in [2.05, 4.69) is 33.0 Å². The van der Waals surface area contributed by atoms with Crippen LogP contribution >= 0.6 is 15.9 Å². The normalized spacial score (nSPS) is 10.1. The van der Waals surface area contributed by atoms with E-state index in [0.29, 0.717) is 0 Å². The third kappa shape index (κ3) is 1.85. The van der Waals surface area contributed by atoms with Crippen molar-refractivity contribution in [2.75, 3.05) is 0 Å². The van der Waals surface area contributed by atoms with Gasteiger partial charge in [0.15, 0.2) is 0 Å². The van der Waals surface area contributed by atoms with E-state index < -0.39 is 0 Å². The molecule has 0 saturated heterocycles. The monoisotopic (exact) mass is 246 g/mol. The molecule has 1 radical (unpaired) electrons. The first kappa shape index (κ1) is 9.41. The number of aryl methyl sites for hydroxylation is 1. The quantitative estimate of drug-likeness (QED) is 0.701. The van der Waals surface area contributed by atoms with E-state index in [1.165, 1.54) is 5.56 Å². The van der Waals surface area contributed by atoms with Gasteiger partial charge in [0.05, 0.1) is 0 Å². The molecule has 2 rings (SSSR count). The molecule has 0 amide bonds. The van der Waals surface area contributed by atoms with E-state index in [4.69, 9.17) is 0 Å². The van der Waals surface area contributed by atoms with Crippen LogP contribution in [0.15, 0.2) is 41.1 Å². The molecule has 0 spiro atoms. The van der Waals surface area contributed by atoms with Crippen LogP contribution in [0.2, 0.25) is 0 Å². The molecule has 0 saturated carbocycles. The number of halogens is 1. The van der Waals surface area contributed by atoms with Crippen molar-refractivity contribution in [3.63, 3.8) is 0 Å². The summed E-state index contributed by atoms with van der Waals surface area (Å²) in [6.45, 7) is 2.04. The average molecular weight is 247 g/mol. The van der Waals surface area contributed by atoms with Crippen molar-refractivity contribution in [3.05, 3.63) is 52.8 Å². The number of nitrogens with zero attached hydrogens (tertiary/aromatic N) is 1. The zero-order chi connectivity index (χ0) is 9.97. The first-order valence-electron chi connectivity index (χ1n) is 4.36. The summed E-state index contributed by atoms with van der Waals surface area (Å²) in [7, 11) is 0. The minimum absolute atomic E-state index is 0.880. The molecule has 0 aliphatic heterocycles. The molecular formula is C12H9BrN. The molecule has 0 bridgehead atoms. The smallest absolute Gasteiger partial charge is 0.113 e. The predicted octanol–water partition coefficient (Wildman–Crippen LogP) is 3.62. The summed E-state index contributed by atoms with van der Waals surface area (Å²) in [5.74, 6) is 0. The fourth-order valence-electron chi connectivity index (χ4n) is 1.35. The molecule has 0 N–H and O–H groups in total. The average Bonchev–Trinajstić information content (AvgIpc) is 2.18. The second kappa shape index (κ2) is 3.93. The van der Waals surface area contributed by atoms with Gasteiger partial charge >= 0.3 is 0 Å². The minimum atomic E-state index is 0.880. The van der Waals surface area contributed by atoms with Gasteiger partial charge in [-0.05, 0) is 46.1 Å². The molecule has 1 aromatic heterocycles. The van der Waals surface area contributed by atoms with Crippen LogP contribution in [0.3, 0.4) is 0 Å². The Kier molecular flexibility index (Phi) is 2.64. The molecule has 2 heteroatoms. The third-order valence-corrected chi connectivity index (χ3v) is 2.65. The second-order valence-corrected chi connectivity index (χ2v) is 3.85. The summed E-state index contributed by atoms with van der Waals surface area (Å²) in [5.41, 5.74) is 3.42. The van der Waals surface area contributed by atoms with Gasteiger partial charge < -0.3 is 0 Å². The van der Waals surface area contributed by atoms with Crippen LogP contribution < -0.4 is 0 Å². The van der Waals surface area contributed by atoms with Gasteiger partial charge in [-0.3, -0.25) is 0 Å². The van der Waals surface area contributed by atoms with E-state index in [0.717, 1.165) is 15.7 Å². The summed E-state index contributed by atoms with van der Waals surface area (Å²) in [4.78, 5) is 4.19. The van der Waals surface area contributed by atoms with E-state index in [1.807, 2.05) is 31.2 Å². The summed E-state index contributed by atoms with van der Waals surface area (Å²) in [6, 6.07) is 13.2. The number of rotatable bonds is 1. The topological polar surface area (TPSA) is 12.9 Å². The maximum absolute atomic E-state index is 4.19. The number of aromatic nitrogens is 1. The van der Waals surface area contributed by atoms with Gasteiger partial charge in [-0.2, -0.15) is 0 Å². The molecule has 0 aliphatic rings. The molecule has 0 aliphatic carbocycles. The van der Waals surface area contributed by atoms with Crippen molar-refractivity contribution in [1.29, 1.82) is 0 Å². The lowest BCUT2D eigenvalue weighted by atomic mass is 10.1. The van der Waals surface area contributed by atoms with E-state index in [9.17, 15) is 0 Å². The van der Waals surface area contributed by atoms with Gasteiger partial charge in [-0.1, -0.05) is 24.3 Å². The molecule has 1 nitrogen and oxygen atoms in total. The molecule has 0 fully saturated rings. The van der Waals surface area contributed by atoms with Crippen molar-refractivity contribution in [2.45, 2.75) is 6.92 Å². The second-order valence-electron chi connectivity index (χ2n) is 3.10. The molecule has 2 aromatic rings. The highest BCUT2D eigenvalue weighted by Crippen LogP contribution is 2.26. The first-order valence-corrected chi connectivity index (χ1v) is 5.16. The van der Waals surface area contributed by atoms with Crippen molar-refractivity contribution >= 4 is 15.9 Å². The number of hydrogen-bond acceptors (Lipinski definition) is 1. The SMILES string of the molecule is Cc1[c]ccc(-c2cccnc2Br)c1. The molecule has 0 unspecified atom stereocenters. The van der Waals surface area contributed by atoms with Crippen LogP contribution in [0.5, 0.6) is 0 Å². The Morgan fingerprint density at radius 2 is 2.21 bits per heavy atom. The molecule has 0 atom stereocenters. The highest BCUT2D eigenvalue weighted by molar-refractivity contribution is 9.10. The highest BCUT2D eigenvalue weighted by atomic mass is 79.9. The largest absolute Gasteiger partial charge is 0.249 e. The van der Waals surface area contributed by atoms with Crippen LogP contribution in [-0.4, -0.2) is 4.98 Å². The summed E-state index contributed by atoms with van der Waals surface area (Å²) in [6.07, 6.45) is 1.77. The van der Waals surface area contributed by atoms with Crippen LogP contribution in [0.1, 0.15) is 5.56 Å². The van der Waals surface area contributed by atoms with Crippen LogP contribution in [0.25, 0.3) is 11.1 Å². The lowest BCUT2D eigenvalue weighted by Crippen LogP contribution is -1.83. The zero-order valence-electron chi connectivity index (χ0n) is 7.79. The zero-order valence-corrected chi connectivity index (χ0v) is 9.38. The Bertz CT molecular complexity index is 452. The summed E-state index contributed by atoms with van der Waals surface area (Å²) in [5, 5.41) is 0. The summed E-state index contributed by atoms with van der Waals surface area (Å²) >= 11 is 3.44. The number of benzene rings is 1. The molecular weight excluding hydrogens is 238 g/mol. The number of pyridine rings is 1. The Hall–Kier alpha value is -1.15. The molecule has 14 heavy (non-hydrogen) atoms. The van der Waals surface area contributed by atoms with Crippen molar-refractivity contribution in [2.24, 2.45) is 0 Å². The third-order valence-electron chi connectivity index (χ3n) is 2.02. The van der Waals surface area contributed by atoms with Crippen LogP contribution in [0.4, 0.5) is 0 Å². The Morgan fingerprint density at radius 1 is 1.36 bits per heavy atom. The van der Waals surface area contributed by atoms with E-state index >= 15 is 0 Å². The van der Waals surface area contributed by atoms with Gasteiger partial charge in [-0.15, -0.1) is 0 Å². The van der Waals surface area contributed by atoms with Crippen LogP contribution in [0, 0.1) is 13.0 Å². The molecule has 1 aromatic carbocycles. The molecule has 1 heterocycles. The predicted molar refractivity (Wildman–Crippen MR) is 60.9 cm³/mol. The Labute approximate surface area is 91.9 Å². The minimum Gasteiger partial charge on any atom is -0.249 e. The van der Waals surface area contributed by atoms with Gasteiger partial charge in [-0.25, -0.2) is 4.98 Å². The number of hydrogen-bond donors (Lipinski definition) is 0. The Balaban J connectivity index is 2.55. The van der Waals surface area contributed by atoms with Crippen molar-refractivity contribution in [3.8, 4) is 11.1 Å². The lowest BCUT2D eigenvalue weighted by Gasteiger charge is -2.03. The van der Waals surface area contributed by atoms with Crippen molar-refractivity contribution in [1.82, 2.24) is 4.98 Å². The van der Waals surface area contributed by atoms with Gasteiger partial charge in [0, 0.05) is 11.8 Å². The first-order chi connectivity index (χ1) is 6.77. The maximum atomic E-state index is 4.19. The Morgan fingerprint density at radius 3 is 2.93 bits per heavy atom. The van der Waals surface area contributed by atoms with E-state index in [1.54, 1.807) is 6.20 Å². The fourth-order valence-corrected chi connectivity index (χ4v) is 1.83. The van der Waals surface area contributed by atoms with Crippen molar-refractivity contribution < 1.29 is 0 Å².